The van der Waals surface area contributed by atoms with Gasteiger partial charge in [0.1, 0.15) is 22.7 Å². The van der Waals surface area contributed by atoms with E-state index in [-0.39, 0.29) is 34.9 Å². The number of aryl methyl sites for hydroxylation is 1. The lowest BCUT2D eigenvalue weighted by molar-refractivity contribution is -0.115. The van der Waals surface area contributed by atoms with Crippen LogP contribution < -0.4 is 14.8 Å². The number of carbonyl (C=O) groups excluding carboxylic acids is 1. The van der Waals surface area contributed by atoms with Crippen LogP contribution in [0.3, 0.4) is 0 Å². The highest BCUT2D eigenvalue weighted by Crippen LogP contribution is 2.37. The van der Waals surface area contributed by atoms with E-state index < -0.39 is 5.97 Å². The van der Waals surface area contributed by atoms with Crippen LogP contribution in [0.15, 0.2) is 79.0 Å². The van der Waals surface area contributed by atoms with Gasteiger partial charge < -0.3 is 19.9 Å². The maximum atomic E-state index is 13.1. The van der Waals surface area contributed by atoms with Crippen LogP contribution in [0.25, 0.3) is 11.1 Å². The Balaban J connectivity index is 1.74. The van der Waals surface area contributed by atoms with Crippen LogP contribution in [0.5, 0.6) is 17.4 Å². The van der Waals surface area contributed by atoms with E-state index in [2.05, 4.69) is 31.1 Å². The van der Waals surface area contributed by atoms with Gasteiger partial charge in [-0.1, -0.05) is 74.9 Å². The maximum absolute atomic E-state index is 13.1. The molecule has 2 N–H and O–H groups in total. The van der Waals surface area contributed by atoms with Crippen LogP contribution >= 0.6 is 0 Å². The van der Waals surface area contributed by atoms with Crippen molar-refractivity contribution in [2.45, 2.75) is 39.5 Å². The zero-order valence-corrected chi connectivity index (χ0v) is 22.7. The number of ether oxygens (including phenoxy) is 2. The van der Waals surface area contributed by atoms with E-state index in [9.17, 15) is 14.7 Å². The predicted octanol–water partition coefficient (Wildman–Crippen LogP) is 7.03. The van der Waals surface area contributed by atoms with Gasteiger partial charge in [0.15, 0.2) is 0 Å². The molecule has 1 aromatic heterocycles. The molecule has 7 nitrogen and oxygen atoms in total. The maximum Gasteiger partial charge on any atom is 0.339 e. The molecule has 0 aliphatic heterocycles. The molecule has 0 saturated heterocycles. The Morgan fingerprint density at radius 2 is 1.64 bits per heavy atom. The van der Waals surface area contributed by atoms with E-state index in [1.807, 2.05) is 55.5 Å². The average molecular weight is 525 g/mol. The van der Waals surface area contributed by atoms with E-state index in [0.29, 0.717) is 22.6 Å². The molecule has 4 rings (SSSR count). The number of aromatic carboxylic acids is 1. The number of hydrogen-bond donors (Lipinski definition) is 2. The lowest BCUT2D eigenvalue weighted by atomic mass is 9.86. The van der Waals surface area contributed by atoms with Crippen molar-refractivity contribution in [3.8, 4) is 28.5 Å². The van der Waals surface area contributed by atoms with Crippen molar-refractivity contribution < 1.29 is 24.2 Å². The third kappa shape index (κ3) is 6.62. The molecule has 0 unspecified atom stereocenters. The summed E-state index contributed by atoms with van der Waals surface area (Å²) in [5, 5.41) is 12.6. The highest BCUT2D eigenvalue weighted by molar-refractivity contribution is 5.95. The number of carbonyl (C=O) groups is 2. The second-order valence-electron chi connectivity index (χ2n) is 10.4. The summed E-state index contributed by atoms with van der Waals surface area (Å²) in [4.78, 5) is 29.4. The number of rotatable bonds is 8. The van der Waals surface area contributed by atoms with E-state index in [0.717, 1.165) is 16.7 Å². The van der Waals surface area contributed by atoms with Gasteiger partial charge >= 0.3 is 5.97 Å². The third-order valence-electron chi connectivity index (χ3n) is 6.28. The Hall–Kier alpha value is -4.65. The molecule has 7 heteroatoms. The molecule has 0 aliphatic rings. The molecule has 0 aliphatic carbocycles. The summed E-state index contributed by atoms with van der Waals surface area (Å²) >= 11 is 0. The molecule has 0 spiro atoms. The fraction of sp³-hybridized carbons (Fsp3) is 0.219. The smallest absolute Gasteiger partial charge is 0.339 e. The first kappa shape index (κ1) is 27.4. The fourth-order valence-corrected chi connectivity index (χ4v) is 4.20. The Bertz CT molecular complexity index is 1500. The molecule has 0 saturated carbocycles. The van der Waals surface area contributed by atoms with Crippen LogP contribution in [0.2, 0.25) is 0 Å². The van der Waals surface area contributed by atoms with Gasteiger partial charge in [-0.25, -0.2) is 9.78 Å². The molecular formula is C32H32N2O5. The van der Waals surface area contributed by atoms with Gasteiger partial charge in [0.05, 0.1) is 13.5 Å². The summed E-state index contributed by atoms with van der Waals surface area (Å²) < 4.78 is 11.5. The van der Waals surface area contributed by atoms with Crippen molar-refractivity contribution in [1.82, 2.24) is 4.98 Å². The number of aromatic nitrogens is 1. The average Bonchev–Trinajstić information content (AvgIpc) is 2.90. The first-order valence-electron chi connectivity index (χ1n) is 12.6. The first-order valence-corrected chi connectivity index (χ1v) is 12.6. The predicted molar refractivity (Wildman–Crippen MR) is 152 cm³/mol. The van der Waals surface area contributed by atoms with Crippen LogP contribution in [0.4, 0.5) is 5.69 Å². The Morgan fingerprint density at radius 1 is 0.923 bits per heavy atom. The minimum atomic E-state index is -1.10. The number of methoxy groups -OCH3 is 1. The van der Waals surface area contributed by atoms with Gasteiger partial charge in [-0.2, -0.15) is 0 Å². The Labute approximate surface area is 228 Å². The van der Waals surface area contributed by atoms with E-state index in [1.165, 1.54) is 13.2 Å². The molecule has 0 radical (unpaired) electrons. The van der Waals surface area contributed by atoms with Gasteiger partial charge in [0.2, 0.25) is 11.8 Å². The van der Waals surface area contributed by atoms with Crippen LogP contribution in [0.1, 0.15) is 47.8 Å². The Morgan fingerprint density at radius 3 is 2.31 bits per heavy atom. The number of pyridine rings is 1. The van der Waals surface area contributed by atoms with Gasteiger partial charge in [-0.3, -0.25) is 4.79 Å². The summed E-state index contributed by atoms with van der Waals surface area (Å²) in [5.41, 5.74) is 4.43. The highest BCUT2D eigenvalue weighted by atomic mass is 16.5. The zero-order valence-electron chi connectivity index (χ0n) is 22.7. The summed E-state index contributed by atoms with van der Waals surface area (Å²) in [7, 11) is 1.42. The quantitative estimate of drug-likeness (QED) is 0.257. The number of hydrogen-bond acceptors (Lipinski definition) is 5. The number of nitrogens with one attached hydrogen (secondary N) is 1. The van der Waals surface area contributed by atoms with E-state index >= 15 is 0 Å². The van der Waals surface area contributed by atoms with Crippen LogP contribution in [-0.4, -0.2) is 29.1 Å². The lowest BCUT2D eigenvalue weighted by Crippen LogP contribution is -2.16. The molecule has 0 fully saturated rings. The normalized spacial score (nSPS) is 11.1. The summed E-state index contributed by atoms with van der Waals surface area (Å²) in [6.07, 6.45) is 1.77. The Kier molecular flexibility index (Phi) is 8.00. The molecule has 4 aromatic rings. The topological polar surface area (TPSA) is 97.8 Å². The standard InChI is InChI=1S/C32H32N2O5/c1-20-10-12-21(13-11-20)16-29(35)34-26-18-23(22-14-15-27(38-5)24(17-22)31(36)37)19-33-30(26)39-28-9-7-6-8-25(28)32(2,3)4/h6-15,17-19H,16H2,1-5H3,(H,34,35)(H,36,37). The van der Waals surface area contributed by atoms with E-state index in [1.54, 1.807) is 24.4 Å². The monoisotopic (exact) mass is 524 g/mol. The van der Waals surface area contributed by atoms with Crippen LogP contribution in [0, 0.1) is 6.92 Å². The van der Waals surface area contributed by atoms with Crippen molar-refractivity contribution >= 4 is 17.6 Å². The zero-order chi connectivity index (χ0) is 28.2. The number of benzene rings is 3. The van der Waals surface area contributed by atoms with Gasteiger partial charge in [0, 0.05) is 17.3 Å². The van der Waals surface area contributed by atoms with Crippen molar-refractivity contribution in [2.24, 2.45) is 0 Å². The minimum absolute atomic E-state index is 0.0272. The summed E-state index contributed by atoms with van der Waals surface area (Å²) in [5.74, 6) is -0.208. The number of carboxylic acid groups (broad SMARTS) is 1. The minimum Gasteiger partial charge on any atom is -0.496 e. The van der Waals surface area contributed by atoms with Crippen molar-refractivity contribution in [2.75, 3.05) is 12.4 Å². The molecule has 1 amide bonds. The molecule has 200 valence electrons. The second-order valence-corrected chi connectivity index (χ2v) is 10.4. The van der Waals surface area contributed by atoms with Crippen LogP contribution in [-0.2, 0) is 16.6 Å². The highest BCUT2D eigenvalue weighted by Gasteiger charge is 2.21. The van der Waals surface area contributed by atoms with Crippen molar-refractivity contribution in [1.29, 1.82) is 0 Å². The molecular weight excluding hydrogens is 492 g/mol. The number of para-hydroxylation sites is 1. The number of anilines is 1. The largest absolute Gasteiger partial charge is 0.496 e. The van der Waals surface area contributed by atoms with Gasteiger partial charge in [-0.05, 0) is 47.7 Å². The summed E-state index contributed by atoms with van der Waals surface area (Å²) in [6.45, 7) is 8.29. The molecule has 0 atom stereocenters. The van der Waals surface area contributed by atoms with E-state index in [4.69, 9.17) is 9.47 Å². The SMILES string of the molecule is COc1ccc(-c2cnc(Oc3ccccc3C(C)(C)C)c(NC(=O)Cc3ccc(C)cc3)c2)cc1C(=O)O. The lowest BCUT2D eigenvalue weighted by Gasteiger charge is -2.23. The van der Waals surface area contributed by atoms with Gasteiger partial charge in [0.25, 0.3) is 0 Å². The second kappa shape index (κ2) is 11.4. The fourth-order valence-electron chi connectivity index (χ4n) is 4.20. The molecule has 39 heavy (non-hydrogen) atoms. The number of amides is 1. The molecule has 0 bridgehead atoms. The number of nitrogens with zero attached hydrogens (tertiary/aromatic N) is 1. The van der Waals surface area contributed by atoms with Crippen molar-refractivity contribution in [3.05, 3.63) is 101 Å². The number of carboxylic acids is 1. The molecule has 1 heterocycles. The van der Waals surface area contributed by atoms with Crippen molar-refractivity contribution in [3.63, 3.8) is 0 Å². The first-order chi connectivity index (χ1) is 18.5. The van der Waals surface area contributed by atoms with Gasteiger partial charge in [-0.15, -0.1) is 0 Å². The molecule has 3 aromatic carbocycles. The third-order valence-corrected chi connectivity index (χ3v) is 6.28. The summed E-state index contributed by atoms with van der Waals surface area (Å²) in [6, 6.07) is 22.1.